The molecular formula is C29H31N5O3. The Morgan fingerprint density at radius 3 is 2.46 bits per heavy atom. The monoisotopic (exact) mass is 497 g/mol. The molecule has 5 rings (SSSR count). The maximum absolute atomic E-state index is 9.99. The minimum Gasteiger partial charge on any atom is -0.497 e. The third-order valence-corrected chi connectivity index (χ3v) is 6.93. The molecule has 2 aromatic carbocycles. The van der Waals surface area contributed by atoms with Crippen molar-refractivity contribution in [2.45, 2.75) is 27.4 Å². The molecular weight excluding hydrogens is 466 g/mol. The average Bonchev–Trinajstić information content (AvgIpc) is 3.18. The van der Waals surface area contributed by atoms with Gasteiger partial charge in [-0.1, -0.05) is 18.2 Å². The Morgan fingerprint density at radius 1 is 1.05 bits per heavy atom. The van der Waals surface area contributed by atoms with Crippen LogP contribution in [0.1, 0.15) is 27.8 Å². The van der Waals surface area contributed by atoms with Gasteiger partial charge >= 0.3 is 0 Å². The second-order valence-electron chi connectivity index (χ2n) is 9.30. The van der Waals surface area contributed by atoms with E-state index < -0.39 is 0 Å². The predicted octanol–water partition coefficient (Wildman–Crippen LogP) is 4.83. The van der Waals surface area contributed by atoms with E-state index >= 15 is 0 Å². The molecule has 8 heteroatoms. The van der Waals surface area contributed by atoms with Gasteiger partial charge in [0.2, 0.25) is 0 Å². The summed E-state index contributed by atoms with van der Waals surface area (Å²) in [5, 5.41) is 10.7. The highest BCUT2D eigenvalue weighted by atomic mass is 16.5. The second kappa shape index (κ2) is 10.0. The number of rotatable bonds is 6. The SMILES string of the molecule is COc1ccc(COc2ccc(C)c(-n3c(N)c(C#N)c4cc(C)c(N5CCOCC5)nc43)c2C)cc1. The third kappa shape index (κ3) is 4.43. The first-order valence-corrected chi connectivity index (χ1v) is 12.3. The molecule has 2 aromatic heterocycles. The van der Waals surface area contributed by atoms with Crippen LogP contribution in [0.2, 0.25) is 0 Å². The molecule has 1 saturated heterocycles. The molecule has 37 heavy (non-hydrogen) atoms. The Balaban J connectivity index is 1.60. The molecule has 0 radical (unpaired) electrons. The molecule has 0 saturated carbocycles. The molecule has 0 bridgehead atoms. The highest BCUT2D eigenvalue weighted by molar-refractivity contribution is 5.93. The fourth-order valence-electron chi connectivity index (χ4n) is 4.95. The number of hydrogen-bond acceptors (Lipinski definition) is 7. The van der Waals surface area contributed by atoms with Gasteiger partial charge in [-0.05, 0) is 61.7 Å². The summed E-state index contributed by atoms with van der Waals surface area (Å²) in [7, 11) is 1.65. The quantitative estimate of drug-likeness (QED) is 0.407. The van der Waals surface area contributed by atoms with Gasteiger partial charge < -0.3 is 24.8 Å². The fraction of sp³-hybridized carbons (Fsp3) is 0.310. The summed E-state index contributed by atoms with van der Waals surface area (Å²) in [6, 6.07) is 16.1. The summed E-state index contributed by atoms with van der Waals surface area (Å²) in [5.74, 6) is 2.82. The lowest BCUT2D eigenvalue weighted by Gasteiger charge is -2.29. The zero-order valence-corrected chi connectivity index (χ0v) is 21.7. The van der Waals surface area contributed by atoms with E-state index in [1.807, 2.05) is 67.8 Å². The van der Waals surface area contributed by atoms with Gasteiger partial charge in [0.05, 0.1) is 26.0 Å². The third-order valence-electron chi connectivity index (χ3n) is 6.93. The van der Waals surface area contributed by atoms with Gasteiger partial charge in [0.15, 0.2) is 0 Å². The van der Waals surface area contributed by atoms with E-state index in [0.717, 1.165) is 63.7 Å². The molecule has 0 unspecified atom stereocenters. The molecule has 3 heterocycles. The van der Waals surface area contributed by atoms with Gasteiger partial charge in [0.1, 0.15) is 47.0 Å². The van der Waals surface area contributed by atoms with Crippen molar-refractivity contribution in [3.63, 3.8) is 0 Å². The zero-order valence-electron chi connectivity index (χ0n) is 21.7. The average molecular weight is 498 g/mol. The number of methoxy groups -OCH3 is 1. The maximum atomic E-state index is 9.99. The molecule has 1 fully saturated rings. The van der Waals surface area contributed by atoms with Gasteiger partial charge in [0, 0.05) is 24.0 Å². The van der Waals surface area contributed by atoms with Crippen LogP contribution in [0, 0.1) is 32.1 Å². The Labute approximate surface area is 216 Å². The van der Waals surface area contributed by atoms with Crippen molar-refractivity contribution in [1.29, 1.82) is 5.26 Å². The topological polar surface area (TPSA) is 98.6 Å². The van der Waals surface area contributed by atoms with E-state index in [-0.39, 0.29) is 0 Å². The van der Waals surface area contributed by atoms with Gasteiger partial charge in [-0.25, -0.2) is 4.98 Å². The Bertz CT molecular complexity index is 1500. The number of nitrogen functional groups attached to an aromatic ring is 1. The summed E-state index contributed by atoms with van der Waals surface area (Å²) in [5.41, 5.74) is 12.6. The van der Waals surface area contributed by atoms with Crippen molar-refractivity contribution in [2.24, 2.45) is 0 Å². The van der Waals surface area contributed by atoms with Crippen LogP contribution in [0.4, 0.5) is 11.6 Å². The van der Waals surface area contributed by atoms with Gasteiger partial charge in [-0.3, -0.25) is 4.57 Å². The van der Waals surface area contributed by atoms with Crippen molar-refractivity contribution in [2.75, 3.05) is 44.0 Å². The summed E-state index contributed by atoms with van der Waals surface area (Å²) in [6.45, 7) is 9.35. The van der Waals surface area contributed by atoms with Gasteiger partial charge in [0.25, 0.3) is 0 Å². The van der Waals surface area contributed by atoms with E-state index in [2.05, 4.69) is 11.0 Å². The lowest BCUT2D eigenvalue weighted by atomic mass is 10.1. The Kier molecular flexibility index (Phi) is 6.64. The predicted molar refractivity (Wildman–Crippen MR) is 145 cm³/mol. The molecule has 0 amide bonds. The highest BCUT2D eigenvalue weighted by Crippen LogP contribution is 2.37. The molecule has 0 spiro atoms. The molecule has 0 aliphatic carbocycles. The largest absolute Gasteiger partial charge is 0.497 e. The smallest absolute Gasteiger partial charge is 0.150 e. The summed E-state index contributed by atoms with van der Waals surface area (Å²) >= 11 is 0. The van der Waals surface area contributed by atoms with Crippen molar-refractivity contribution >= 4 is 22.7 Å². The van der Waals surface area contributed by atoms with Crippen LogP contribution in [-0.4, -0.2) is 43.0 Å². The second-order valence-corrected chi connectivity index (χ2v) is 9.30. The van der Waals surface area contributed by atoms with E-state index in [1.54, 1.807) is 7.11 Å². The number of morpholine rings is 1. The number of nitrogens with two attached hydrogens (primary N) is 1. The first-order valence-electron chi connectivity index (χ1n) is 12.3. The summed E-state index contributed by atoms with van der Waals surface area (Å²) < 4.78 is 18.9. The maximum Gasteiger partial charge on any atom is 0.150 e. The van der Waals surface area contributed by atoms with Crippen LogP contribution in [0.3, 0.4) is 0 Å². The lowest BCUT2D eigenvalue weighted by Crippen LogP contribution is -2.37. The number of nitrogens with zero attached hydrogens (tertiary/aromatic N) is 4. The van der Waals surface area contributed by atoms with E-state index in [0.29, 0.717) is 36.8 Å². The normalized spacial score (nSPS) is 13.5. The van der Waals surface area contributed by atoms with E-state index in [4.69, 9.17) is 24.9 Å². The van der Waals surface area contributed by atoms with Crippen molar-refractivity contribution in [1.82, 2.24) is 9.55 Å². The number of aryl methyl sites for hydroxylation is 2. The molecule has 8 nitrogen and oxygen atoms in total. The molecule has 1 aliphatic heterocycles. The molecule has 2 N–H and O–H groups in total. The van der Waals surface area contributed by atoms with Gasteiger partial charge in [-0.2, -0.15) is 5.26 Å². The Morgan fingerprint density at radius 2 is 1.78 bits per heavy atom. The molecule has 190 valence electrons. The number of ether oxygens (including phenoxy) is 3. The Hall–Kier alpha value is -4.22. The number of aromatic nitrogens is 2. The van der Waals surface area contributed by atoms with Crippen molar-refractivity contribution in [3.05, 3.63) is 70.3 Å². The van der Waals surface area contributed by atoms with Crippen molar-refractivity contribution < 1.29 is 14.2 Å². The van der Waals surface area contributed by atoms with Crippen LogP contribution in [0.25, 0.3) is 16.7 Å². The molecule has 0 atom stereocenters. The lowest BCUT2D eigenvalue weighted by molar-refractivity contribution is 0.122. The fourth-order valence-corrected chi connectivity index (χ4v) is 4.95. The number of anilines is 2. The minimum atomic E-state index is 0.377. The zero-order chi connectivity index (χ0) is 26.1. The van der Waals surface area contributed by atoms with Crippen LogP contribution in [-0.2, 0) is 11.3 Å². The first kappa shape index (κ1) is 24.5. The molecule has 4 aromatic rings. The van der Waals surface area contributed by atoms with Crippen molar-refractivity contribution in [3.8, 4) is 23.3 Å². The summed E-state index contributed by atoms with van der Waals surface area (Å²) in [4.78, 5) is 7.30. The van der Waals surface area contributed by atoms with Crippen LogP contribution in [0.15, 0.2) is 42.5 Å². The first-order chi connectivity index (χ1) is 17.9. The minimum absolute atomic E-state index is 0.377. The standard InChI is InChI=1S/C29H31N5O3/c1-18-5-10-25(37-17-21-6-8-22(35-4)9-7-21)20(3)26(18)34-27(31)24(16-30)23-15-19(2)28(32-29(23)34)33-11-13-36-14-12-33/h5-10,15H,11-14,17,31H2,1-4H3. The van der Waals surface area contributed by atoms with Crippen LogP contribution < -0.4 is 20.1 Å². The van der Waals surface area contributed by atoms with Gasteiger partial charge in [-0.15, -0.1) is 0 Å². The van der Waals surface area contributed by atoms with E-state index in [9.17, 15) is 5.26 Å². The number of pyridine rings is 1. The highest BCUT2D eigenvalue weighted by Gasteiger charge is 2.24. The van der Waals surface area contributed by atoms with Crippen LogP contribution >= 0.6 is 0 Å². The summed E-state index contributed by atoms with van der Waals surface area (Å²) in [6.07, 6.45) is 0. The number of fused-ring (bicyclic) bond motifs is 1. The molecule has 1 aliphatic rings. The van der Waals surface area contributed by atoms with Crippen LogP contribution in [0.5, 0.6) is 11.5 Å². The van der Waals surface area contributed by atoms with E-state index in [1.165, 1.54) is 0 Å². The number of nitriles is 1. The number of benzene rings is 2. The number of hydrogen-bond donors (Lipinski definition) is 1.